The van der Waals surface area contributed by atoms with Crippen molar-refractivity contribution in [2.45, 2.75) is 25.0 Å². The maximum atomic E-state index is 11.7. The molecule has 7 heteroatoms. The van der Waals surface area contributed by atoms with Crippen LogP contribution in [0.15, 0.2) is 14.1 Å². The fraction of sp³-hybridized carbons (Fsp3) is 0.500. The highest BCUT2D eigenvalue weighted by Crippen LogP contribution is 2.33. The van der Waals surface area contributed by atoms with Gasteiger partial charge in [0.1, 0.15) is 5.84 Å². The molecule has 1 aliphatic rings. The molecule has 5 nitrogen and oxygen atoms in total. The Morgan fingerprint density at radius 1 is 1.40 bits per heavy atom. The molecular weight excluding hydrogens is 234 g/mol. The van der Waals surface area contributed by atoms with Gasteiger partial charge in [0.15, 0.2) is 10.0 Å². The van der Waals surface area contributed by atoms with Crippen LogP contribution >= 0.6 is 11.3 Å². The van der Waals surface area contributed by atoms with Gasteiger partial charge in [-0.25, -0.2) is 4.98 Å². The molecule has 82 valence electrons. The molecule has 1 N–H and O–H groups in total. The first kappa shape index (κ1) is 10.6. The number of fused-ring (bicyclic) bond motifs is 1. The maximum absolute atomic E-state index is 11.7. The summed E-state index contributed by atoms with van der Waals surface area (Å²) in [5.74, 6) is 0.820. The molecular formula is C8H11N3O2S2. The second kappa shape index (κ2) is 3.02. The van der Waals surface area contributed by atoms with Gasteiger partial charge in [0.25, 0.3) is 10.0 Å². The number of rotatable bonds is 0. The molecule has 2 heterocycles. The molecule has 0 spiro atoms. The second-order valence-corrected chi connectivity index (χ2v) is 6.93. The lowest BCUT2D eigenvalue weighted by Gasteiger charge is -2.24. The lowest BCUT2D eigenvalue weighted by atomic mass is 9.95. The van der Waals surface area contributed by atoms with E-state index in [1.807, 2.05) is 20.8 Å². The van der Waals surface area contributed by atoms with E-state index in [2.05, 4.69) is 14.7 Å². The van der Waals surface area contributed by atoms with Crippen molar-refractivity contribution in [1.82, 2.24) is 4.98 Å². The van der Waals surface area contributed by atoms with Crippen molar-refractivity contribution < 1.29 is 8.42 Å². The standard InChI is InChI=1S/C8H11N3O2S2/c1-8(2,3)7-10-5-6(14-4-9-5)15(12,13)11-7/h4H,1-3H3,(H,10,11). The Morgan fingerprint density at radius 3 is 2.67 bits per heavy atom. The Kier molecular flexibility index (Phi) is 2.13. The van der Waals surface area contributed by atoms with Crippen LogP contribution in [0.1, 0.15) is 20.8 Å². The van der Waals surface area contributed by atoms with Crippen LogP contribution in [0.3, 0.4) is 0 Å². The quantitative estimate of drug-likeness (QED) is 0.755. The average Bonchev–Trinajstić information content (AvgIpc) is 2.49. The van der Waals surface area contributed by atoms with Crippen LogP contribution in [-0.4, -0.2) is 19.2 Å². The molecule has 0 saturated heterocycles. The van der Waals surface area contributed by atoms with Crippen molar-refractivity contribution in [2.24, 2.45) is 9.81 Å². The number of sulfonamides is 1. The number of thiazole rings is 1. The van der Waals surface area contributed by atoms with Crippen molar-refractivity contribution in [3.05, 3.63) is 5.51 Å². The summed E-state index contributed by atoms with van der Waals surface area (Å²) in [7, 11) is -3.55. The molecule has 15 heavy (non-hydrogen) atoms. The zero-order valence-corrected chi connectivity index (χ0v) is 10.2. The normalized spacial score (nSPS) is 19.0. The van der Waals surface area contributed by atoms with E-state index in [1.54, 1.807) is 0 Å². The molecule has 0 aliphatic carbocycles. The van der Waals surface area contributed by atoms with Crippen LogP contribution in [0.25, 0.3) is 0 Å². The number of amidine groups is 1. The van der Waals surface area contributed by atoms with Gasteiger partial charge in [-0.05, 0) is 0 Å². The summed E-state index contributed by atoms with van der Waals surface area (Å²) in [6.45, 7) is 5.68. The minimum Gasteiger partial charge on any atom is -0.325 e. The third-order valence-corrected chi connectivity index (χ3v) is 4.55. The first-order valence-corrected chi connectivity index (χ1v) is 6.68. The van der Waals surface area contributed by atoms with Crippen molar-refractivity contribution in [3.8, 4) is 0 Å². The predicted octanol–water partition coefficient (Wildman–Crippen LogP) is 1.70. The minimum absolute atomic E-state index is 0.190. The lowest BCUT2D eigenvalue weighted by Crippen LogP contribution is -2.32. The largest absolute Gasteiger partial charge is 0.325 e. The van der Waals surface area contributed by atoms with Gasteiger partial charge in [-0.1, -0.05) is 20.8 Å². The Morgan fingerprint density at radius 2 is 2.07 bits per heavy atom. The fourth-order valence-electron chi connectivity index (χ4n) is 1.12. The maximum Gasteiger partial charge on any atom is 0.297 e. The summed E-state index contributed by atoms with van der Waals surface area (Å²) in [5, 5.41) is 2.94. The molecule has 0 bridgehead atoms. The summed E-state index contributed by atoms with van der Waals surface area (Å²) in [6.07, 6.45) is 0. The molecule has 0 saturated carbocycles. The van der Waals surface area contributed by atoms with Crippen LogP contribution in [0.5, 0.6) is 0 Å². The number of hydrogen-bond acceptors (Lipinski definition) is 5. The van der Waals surface area contributed by atoms with E-state index < -0.39 is 10.0 Å². The minimum atomic E-state index is -3.55. The van der Waals surface area contributed by atoms with Crippen LogP contribution in [0.4, 0.5) is 5.82 Å². The SMILES string of the molecule is CC(C)(C)C1=NS(=O)(=O)c2scnc2N1. The third-order valence-electron chi connectivity index (χ3n) is 1.93. The van der Waals surface area contributed by atoms with Gasteiger partial charge in [0.2, 0.25) is 0 Å². The molecule has 0 unspecified atom stereocenters. The first-order valence-electron chi connectivity index (χ1n) is 4.37. The van der Waals surface area contributed by atoms with E-state index in [9.17, 15) is 8.42 Å². The van der Waals surface area contributed by atoms with E-state index >= 15 is 0 Å². The second-order valence-electron chi connectivity index (χ2n) is 4.28. The summed E-state index contributed by atoms with van der Waals surface area (Å²) >= 11 is 1.08. The molecule has 1 aliphatic heterocycles. The summed E-state index contributed by atoms with van der Waals surface area (Å²) in [4.78, 5) is 3.96. The van der Waals surface area contributed by atoms with Crippen LogP contribution in [-0.2, 0) is 10.0 Å². The van der Waals surface area contributed by atoms with E-state index in [0.717, 1.165) is 11.3 Å². The molecule has 1 aromatic rings. The monoisotopic (exact) mass is 245 g/mol. The molecule has 0 amide bonds. The van der Waals surface area contributed by atoms with Gasteiger partial charge in [0.05, 0.1) is 5.51 Å². The lowest BCUT2D eigenvalue weighted by molar-refractivity contribution is 0.578. The van der Waals surface area contributed by atoms with Gasteiger partial charge in [-0.3, -0.25) is 0 Å². The molecule has 2 rings (SSSR count). The first-order chi connectivity index (χ1) is 6.81. The molecule has 0 aromatic carbocycles. The zero-order valence-electron chi connectivity index (χ0n) is 8.60. The highest BCUT2D eigenvalue weighted by molar-refractivity contribution is 7.92. The number of aromatic nitrogens is 1. The summed E-state index contributed by atoms with van der Waals surface area (Å²) < 4.78 is 27.4. The molecule has 0 fully saturated rings. The van der Waals surface area contributed by atoms with Crippen molar-refractivity contribution >= 4 is 33.0 Å². The van der Waals surface area contributed by atoms with Crippen LogP contribution in [0.2, 0.25) is 0 Å². The van der Waals surface area contributed by atoms with Crippen molar-refractivity contribution in [3.63, 3.8) is 0 Å². The number of nitrogens with one attached hydrogen (secondary N) is 1. The van der Waals surface area contributed by atoms with Crippen molar-refractivity contribution in [1.29, 1.82) is 0 Å². The van der Waals surface area contributed by atoms with Crippen LogP contribution in [0, 0.1) is 5.41 Å². The summed E-state index contributed by atoms with van der Waals surface area (Å²) in [5.41, 5.74) is 1.16. The molecule has 0 radical (unpaired) electrons. The number of anilines is 1. The van der Waals surface area contributed by atoms with Crippen LogP contribution < -0.4 is 5.32 Å². The smallest absolute Gasteiger partial charge is 0.297 e. The fourth-order valence-corrected chi connectivity index (χ4v) is 3.31. The van der Waals surface area contributed by atoms with Gasteiger partial charge in [-0.2, -0.15) is 8.42 Å². The highest BCUT2D eigenvalue weighted by Gasteiger charge is 2.32. The topological polar surface area (TPSA) is 71.4 Å². The van der Waals surface area contributed by atoms with Gasteiger partial charge < -0.3 is 5.32 Å². The predicted molar refractivity (Wildman–Crippen MR) is 59.8 cm³/mol. The van der Waals surface area contributed by atoms with E-state index in [-0.39, 0.29) is 9.62 Å². The average molecular weight is 245 g/mol. The number of hydrogen-bond donors (Lipinski definition) is 1. The van der Waals surface area contributed by atoms with Gasteiger partial charge in [-0.15, -0.1) is 15.7 Å². The zero-order chi connectivity index (χ0) is 11.3. The van der Waals surface area contributed by atoms with Crippen molar-refractivity contribution in [2.75, 3.05) is 5.32 Å². The molecule has 1 aromatic heterocycles. The Bertz CT molecular complexity index is 522. The van der Waals surface area contributed by atoms with Gasteiger partial charge >= 0.3 is 0 Å². The van der Waals surface area contributed by atoms with E-state index in [1.165, 1.54) is 5.51 Å². The molecule has 0 atom stereocenters. The van der Waals surface area contributed by atoms with E-state index in [0.29, 0.717) is 11.7 Å². The van der Waals surface area contributed by atoms with Gasteiger partial charge in [0, 0.05) is 5.41 Å². The summed E-state index contributed by atoms with van der Waals surface area (Å²) in [6, 6.07) is 0. The third kappa shape index (κ3) is 1.76. The Balaban J connectivity index is 2.58. The Hall–Kier alpha value is -0.950. The highest BCUT2D eigenvalue weighted by atomic mass is 32.2. The van der Waals surface area contributed by atoms with E-state index in [4.69, 9.17) is 0 Å². The number of nitrogens with zero attached hydrogens (tertiary/aromatic N) is 2. The Labute approximate surface area is 92.3 Å².